The summed E-state index contributed by atoms with van der Waals surface area (Å²) in [7, 11) is 0. The lowest BCUT2D eigenvalue weighted by Crippen LogP contribution is -2.24. The van der Waals surface area contributed by atoms with Gasteiger partial charge in [-0.2, -0.15) is 0 Å². The van der Waals surface area contributed by atoms with Crippen LogP contribution in [0, 0.1) is 0 Å². The normalized spacial score (nSPS) is 11.1. The number of benzene rings is 1. The van der Waals surface area contributed by atoms with Gasteiger partial charge in [0.15, 0.2) is 0 Å². The van der Waals surface area contributed by atoms with Crippen molar-refractivity contribution in [2.24, 2.45) is 0 Å². The molecule has 0 aliphatic carbocycles. The standard InChI is InChI=1S/C15H15ClN2O2S/c16-13-5-1-3-11-9-14(19)18(15(11)13)20-7-6-17-10-12-4-2-8-21-12/h1-5,8-9,17,19H,6-7,10H2. The molecule has 0 atom stereocenters. The highest BCUT2D eigenvalue weighted by atomic mass is 35.5. The van der Waals surface area contributed by atoms with Crippen LogP contribution in [0.15, 0.2) is 41.8 Å². The molecule has 2 heterocycles. The van der Waals surface area contributed by atoms with Gasteiger partial charge in [0.05, 0.1) is 5.02 Å². The van der Waals surface area contributed by atoms with E-state index in [9.17, 15) is 5.11 Å². The molecular weight excluding hydrogens is 308 g/mol. The van der Waals surface area contributed by atoms with Crippen LogP contribution in [0.25, 0.3) is 10.9 Å². The summed E-state index contributed by atoms with van der Waals surface area (Å²) in [6.45, 7) is 1.94. The summed E-state index contributed by atoms with van der Waals surface area (Å²) in [6, 6.07) is 11.3. The Kier molecular flexibility index (Phi) is 4.34. The minimum atomic E-state index is 0.0522. The average molecular weight is 323 g/mol. The van der Waals surface area contributed by atoms with Crippen molar-refractivity contribution in [3.63, 3.8) is 0 Å². The zero-order valence-corrected chi connectivity index (χ0v) is 12.8. The first-order chi connectivity index (χ1) is 10.3. The van der Waals surface area contributed by atoms with Crippen LogP contribution in [0.2, 0.25) is 5.02 Å². The van der Waals surface area contributed by atoms with Gasteiger partial charge >= 0.3 is 0 Å². The average Bonchev–Trinajstić information content (AvgIpc) is 3.07. The largest absolute Gasteiger partial charge is 0.492 e. The highest BCUT2D eigenvalue weighted by molar-refractivity contribution is 7.09. The van der Waals surface area contributed by atoms with Crippen molar-refractivity contribution >= 4 is 33.8 Å². The van der Waals surface area contributed by atoms with Crippen LogP contribution in [0.5, 0.6) is 5.88 Å². The lowest BCUT2D eigenvalue weighted by Gasteiger charge is -2.10. The van der Waals surface area contributed by atoms with Crippen molar-refractivity contribution in [1.82, 2.24) is 10.0 Å². The Hall–Kier alpha value is -1.69. The van der Waals surface area contributed by atoms with Gasteiger partial charge in [0, 0.05) is 29.4 Å². The molecule has 0 spiro atoms. The van der Waals surface area contributed by atoms with Gasteiger partial charge in [-0.15, -0.1) is 16.1 Å². The maximum absolute atomic E-state index is 9.93. The molecule has 21 heavy (non-hydrogen) atoms. The molecule has 2 aromatic heterocycles. The molecule has 1 aromatic carbocycles. The van der Waals surface area contributed by atoms with Crippen LogP contribution in [0.1, 0.15) is 4.88 Å². The molecule has 2 N–H and O–H groups in total. The van der Waals surface area contributed by atoms with Gasteiger partial charge in [-0.05, 0) is 17.5 Å². The quantitative estimate of drug-likeness (QED) is 0.685. The van der Waals surface area contributed by atoms with Crippen LogP contribution < -0.4 is 10.2 Å². The topological polar surface area (TPSA) is 46.4 Å². The van der Waals surface area contributed by atoms with Gasteiger partial charge in [0.1, 0.15) is 12.1 Å². The molecule has 4 nitrogen and oxygen atoms in total. The molecule has 0 unspecified atom stereocenters. The Morgan fingerprint density at radius 1 is 1.29 bits per heavy atom. The predicted molar refractivity (Wildman–Crippen MR) is 86.1 cm³/mol. The summed E-state index contributed by atoms with van der Waals surface area (Å²) in [4.78, 5) is 6.90. The van der Waals surface area contributed by atoms with Gasteiger partial charge in [-0.3, -0.25) is 0 Å². The number of hydrogen-bond acceptors (Lipinski definition) is 4. The Balaban J connectivity index is 1.59. The number of nitrogens with zero attached hydrogens (tertiary/aromatic N) is 1. The maximum atomic E-state index is 9.93. The summed E-state index contributed by atoms with van der Waals surface area (Å²) >= 11 is 7.88. The molecule has 0 saturated heterocycles. The van der Waals surface area contributed by atoms with Crippen LogP contribution in [0.3, 0.4) is 0 Å². The number of nitrogens with one attached hydrogen (secondary N) is 1. The summed E-state index contributed by atoms with van der Waals surface area (Å²) in [5.74, 6) is 0.0522. The number of halogens is 1. The van der Waals surface area contributed by atoms with E-state index in [0.717, 1.165) is 11.9 Å². The molecule has 110 valence electrons. The van der Waals surface area contributed by atoms with E-state index in [1.807, 2.05) is 18.2 Å². The number of para-hydroxylation sites is 1. The molecule has 0 aliphatic rings. The van der Waals surface area contributed by atoms with E-state index in [-0.39, 0.29) is 5.88 Å². The minimum Gasteiger partial charge on any atom is -0.492 e. The Morgan fingerprint density at radius 3 is 3.00 bits per heavy atom. The van der Waals surface area contributed by atoms with Crippen LogP contribution in [-0.4, -0.2) is 23.0 Å². The fourth-order valence-electron chi connectivity index (χ4n) is 2.14. The SMILES string of the molecule is Oc1cc2cccc(Cl)c2n1OCCNCc1cccs1. The number of hydrogen-bond donors (Lipinski definition) is 2. The fourth-order valence-corrected chi connectivity index (χ4v) is 3.07. The Morgan fingerprint density at radius 2 is 2.19 bits per heavy atom. The molecular formula is C15H15ClN2O2S. The lowest BCUT2D eigenvalue weighted by atomic mass is 10.2. The minimum absolute atomic E-state index is 0.0522. The monoisotopic (exact) mass is 322 g/mol. The third-order valence-electron chi connectivity index (χ3n) is 3.09. The molecule has 3 rings (SSSR count). The van der Waals surface area contributed by atoms with Crippen molar-refractivity contribution in [3.05, 3.63) is 51.7 Å². The van der Waals surface area contributed by atoms with Crippen LogP contribution in [-0.2, 0) is 6.54 Å². The number of rotatable bonds is 6. The van der Waals surface area contributed by atoms with Gasteiger partial charge in [-0.1, -0.05) is 29.8 Å². The van der Waals surface area contributed by atoms with E-state index < -0.39 is 0 Å². The number of thiophene rings is 1. The molecule has 0 amide bonds. The highest BCUT2D eigenvalue weighted by Gasteiger charge is 2.11. The predicted octanol–water partition coefficient (Wildman–Crippen LogP) is 3.28. The Labute approximate surface area is 131 Å². The smallest absolute Gasteiger partial charge is 0.226 e. The third kappa shape index (κ3) is 3.15. The van der Waals surface area contributed by atoms with E-state index in [1.165, 1.54) is 9.61 Å². The summed E-state index contributed by atoms with van der Waals surface area (Å²) in [5.41, 5.74) is 0.690. The van der Waals surface area contributed by atoms with E-state index >= 15 is 0 Å². The van der Waals surface area contributed by atoms with Gasteiger partial charge in [-0.25, -0.2) is 0 Å². The molecule has 0 bridgehead atoms. The van der Waals surface area contributed by atoms with Crippen molar-refractivity contribution in [3.8, 4) is 5.88 Å². The first kappa shape index (κ1) is 14.3. The second-order valence-electron chi connectivity index (χ2n) is 4.56. The van der Waals surface area contributed by atoms with Crippen molar-refractivity contribution in [1.29, 1.82) is 0 Å². The molecule has 0 fully saturated rings. The molecule has 0 radical (unpaired) electrons. The van der Waals surface area contributed by atoms with Crippen molar-refractivity contribution in [2.45, 2.75) is 6.54 Å². The molecule has 0 saturated carbocycles. The first-order valence-corrected chi connectivity index (χ1v) is 7.87. The lowest BCUT2D eigenvalue weighted by molar-refractivity contribution is 0.103. The second-order valence-corrected chi connectivity index (χ2v) is 6.00. The maximum Gasteiger partial charge on any atom is 0.226 e. The summed E-state index contributed by atoms with van der Waals surface area (Å²) in [5, 5.41) is 16.7. The fraction of sp³-hybridized carbons (Fsp3) is 0.200. The molecule has 3 aromatic rings. The summed E-state index contributed by atoms with van der Waals surface area (Å²) in [6.07, 6.45) is 0. The Bertz CT molecular complexity index is 725. The second kappa shape index (κ2) is 6.39. The third-order valence-corrected chi connectivity index (χ3v) is 4.27. The zero-order chi connectivity index (χ0) is 14.7. The summed E-state index contributed by atoms with van der Waals surface area (Å²) < 4.78 is 1.38. The van der Waals surface area contributed by atoms with Crippen LogP contribution in [0.4, 0.5) is 0 Å². The van der Waals surface area contributed by atoms with Gasteiger partial charge in [0.2, 0.25) is 5.88 Å². The van der Waals surface area contributed by atoms with E-state index in [1.54, 1.807) is 23.5 Å². The molecule has 6 heteroatoms. The van der Waals surface area contributed by atoms with E-state index in [2.05, 4.69) is 16.8 Å². The first-order valence-electron chi connectivity index (χ1n) is 6.61. The number of fused-ring (bicyclic) bond motifs is 1. The zero-order valence-electron chi connectivity index (χ0n) is 11.3. The highest BCUT2D eigenvalue weighted by Crippen LogP contribution is 2.29. The van der Waals surface area contributed by atoms with Gasteiger partial charge in [0.25, 0.3) is 0 Å². The van der Waals surface area contributed by atoms with Gasteiger partial charge < -0.3 is 15.3 Å². The number of aromatic nitrogens is 1. The van der Waals surface area contributed by atoms with E-state index in [0.29, 0.717) is 23.7 Å². The van der Waals surface area contributed by atoms with Crippen molar-refractivity contribution < 1.29 is 9.94 Å². The van der Waals surface area contributed by atoms with Crippen LogP contribution >= 0.6 is 22.9 Å². The van der Waals surface area contributed by atoms with Crippen molar-refractivity contribution in [2.75, 3.05) is 13.2 Å². The number of aromatic hydroxyl groups is 1. The molecule has 0 aliphatic heterocycles. The van der Waals surface area contributed by atoms with E-state index in [4.69, 9.17) is 16.4 Å².